The van der Waals surface area contributed by atoms with Crippen LogP contribution in [-0.2, 0) is 0 Å². The van der Waals surface area contributed by atoms with Gasteiger partial charge in [-0.05, 0) is 56.6 Å². The molecule has 44 heavy (non-hydrogen) atoms. The van der Waals surface area contributed by atoms with E-state index in [1.54, 1.807) is 0 Å². The van der Waals surface area contributed by atoms with Crippen LogP contribution in [0.5, 0.6) is 0 Å². The number of benzene rings is 6. The summed E-state index contributed by atoms with van der Waals surface area (Å²) < 4.78 is 0. The van der Waals surface area contributed by atoms with Crippen molar-refractivity contribution in [3.63, 3.8) is 0 Å². The van der Waals surface area contributed by atoms with Crippen LogP contribution in [0.1, 0.15) is 23.0 Å². The van der Waals surface area contributed by atoms with Crippen molar-refractivity contribution in [2.24, 2.45) is 0 Å². The van der Waals surface area contributed by atoms with Gasteiger partial charge in [-0.25, -0.2) is 0 Å². The minimum absolute atomic E-state index is 0.637. The van der Waals surface area contributed by atoms with Gasteiger partial charge in [0.15, 0.2) is 0 Å². The normalized spacial score (nSPS) is 22.9. The molecule has 9 rings (SSSR count). The van der Waals surface area contributed by atoms with Gasteiger partial charge in [0.05, 0.1) is 24.7 Å². The highest BCUT2D eigenvalue weighted by molar-refractivity contribution is 6.21. The Kier molecular flexibility index (Phi) is 5.31. The van der Waals surface area contributed by atoms with Crippen molar-refractivity contribution in [2.75, 3.05) is 61.1 Å². The van der Waals surface area contributed by atoms with E-state index in [0.717, 1.165) is 78.9 Å². The van der Waals surface area contributed by atoms with Gasteiger partial charge in [-0.15, -0.1) is 12.2 Å². The summed E-state index contributed by atoms with van der Waals surface area (Å²) in [4.78, 5) is 9.06. The second-order valence-electron chi connectivity index (χ2n) is 13.1. The monoisotopic (exact) mass is 578 g/mol. The second kappa shape index (κ2) is 9.00. The third-order valence-corrected chi connectivity index (χ3v) is 10.6. The fourth-order valence-corrected chi connectivity index (χ4v) is 8.85. The molecule has 2 aliphatic heterocycles. The van der Waals surface area contributed by atoms with Crippen LogP contribution in [0, 0.1) is 0 Å². The van der Waals surface area contributed by atoms with Gasteiger partial charge in [-0.3, -0.25) is 0 Å². The van der Waals surface area contributed by atoms with Gasteiger partial charge in [0, 0.05) is 61.1 Å². The van der Waals surface area contributed by atoms with Crippen molar-refractivity contribution in [3.8, 4) is 0 Å². The highest BCUT2D eigenvalue weighted by Crippen LogP contribution is 2.56. The van der Waals surface area contributed by atoms with Crippen molar-refractivity contribution in [1.29, 1.82) is 0 Å². The standard InChI is InChI=1S/C38H34N4O2/c1-39-19-41(3)35-23-13-7-5-11-21(23)29(25-15-9-17-27(39)31(25)35)33-37(43)34(38(33)44)30-22-12-6-8-14-24(22)36-32-26(30)16-10-18-28(32)40(2)20-42(36)4/h5-18,33-34,37-38H,19-20H2,1-4H3/q-2. The Morgan fingerprint density at radius 1 is 0.455 bits per heavy atom. The van der Waals surface area contributed by atoms with Crippen LogP contribution in [0.3, 0.4) is 0 Å². The molecule has 220 valence electrons. The SMILES string of the molecule is CN1CN(C)c2c3ccccc3c(C3C([O-])C(c4c5ccccc5c5c6c(cccc46)N(C)CN5C)C3[O-])c3cccc1c23. The molecule has 0 aromatic heterocycles. The molecule has 0 amide bonds. The van der Waals surface area contributed by atoms with Crippen molar-refractivity contribution in [2.45, 2.75) is 24.0 Å². The summed E-state index contributed by atoms with van der Waals surface area (Å²) in [5.41, 5.74) is 6.49. The zero-order chi connectivity index (χ0) is 30.0. The topological polar surface area (TPSA) is 59.1 Å². The Hall–Kier alpha value is -4.52. The summed E-state index contributed by atoms with van der Waals surface area (Å²) in [7, 11) is 8.45. The Balaban J connectivity index is 1.29. The van der Waals surface area contributed by atoms with Gasteiger partial charge >= 0.3 is 0 Å². The molecule has 1 aliphatic carbocycles. The minimum Gasteiger partial charge on any atom is -0.851 e. The molecule has 6 heteroatoms. The predicted molar refractivity (Wildman–Crippen MR) is 179 cm³/mol. The molecule has 0 bridgehead atoms. The van der Waals surface area contributed by atoms with E-state index in [1.807, 2.05) is 12.1 Å². The number of fused-ring (bicyclic) bond motifs is 4. The fraction of sp³-hybridized carbons (Fsp3) is 0.263. The van der Waals surface area contributed by atoms with Crippen LogP contribution in [0.4, 0.5) is 22.7 Å². The smallest absolute Gasteiger partial charge is 0.0897 e. The molecular weight excluding hydrogens is 544 g/mol. The largest absolute Gasteiger partial charge is 0.851 e. The van der Waals surface area contributed by atoms with Crippen LogP contribution in [0.15, 0.2) is 84.9 Å². The van der Waals surface area contributed by atoms with Gasteiger partial charge in [0.25, 0.3) is 0 Å². The number of anilines is 4. The van der Waals surface area contributed by atoms with E-state index >= 15 is 0 Å². The van der Waals surface area contributed by atoms with E-state index < -0.39 is 24.0 Å². The average Bonchev–Trinajstić information content (AvgIpc) is 3.03. The molecule has 0 radical (unpaired) electrons. The number of hydrogen-bond acceptors (Lipinski definition) is 6. The van der Waals surface area contributed by atoms with E-state index in [-0.39, 0.29) is 0 Å². The van der Waals surface area contributed by atoms with Crippen LogP contribution < -0.4 is 29.8 Å². The zero-order valence-corrected chi connectivity index (χ0v) is 25.4. The van der Waals surface area contributed by atoms with E-state index in [1.165, 1.54) is 11.4 Å². The number of hydrogen-bond donors (Lipinski definition) is 0. The summed E-state index contributed by atoms with van der Waals surface area (Å²) in [5, 5.41) is 38.1. The molecule has 6 nitrogen and oxygen atoms in total. The predicted octanol–water partition coefficient (Wildman–Crippen LogP) is 5.33. The van der Waals surface area contributed by atoms with Gasteiger partial charge in [0.1, 0.15) is 0 Å². The van der Waals surface area contributed by atoms with E-state index in [4.69, 9.17) is 0 Å². The first-order valence-corrected chi connectivity index (χ1v) is 15.5. The third kappa shape index (κ3) is 3.17. The highest BCUT2D eigenvalue weighted by atomic mass is 16.3. The second-order valence-corrected chi connectivity index (χ2v) is 13.1. The zero-order valence-electron chi connectivity index (χ0n) is 25.4. The van der Waals surface area contributed by atoms with Crippen LogP contribution in [-0.4, -0.2) is 53.7 Å². The molecule has 3 aliphatic rings. The lowest BCUT2D eigenvalue weighted by Crippen LogP contribution is -2.63. The molecule has 6 aromatic carbocycles. The average molecular weight is 579 g/mol. The van der Waals surface area contributed by atoms with E-state index in [2.05, 4.69) is 121 Å². The fourth-order valence-electron chi connectivity index (χ4n) is 8.85. The first kappa shape index (κ1) is 25.9. The van der Waals surface area contributed by atoms with Crippen molar-refractivity contribution < 1.29 is 10.2 Å². The highest BCUT2D eigenvalue weighted by Gasteiger charge is 2.43. The molecular formula is C38H34N4O2-2. The van der Waals surface area contributed by atoms with E-state index in [0.29, 0.717) is 0 Å². The van der Waals surface area contributed by atoms with Gasteiger partial charge in [-0.2, -0.15) is 0 Å². The van der Waals surface area contributed by atoms with Crippen LogP contribution in [0.25, 0.3) is 43.1 Å². The molecule has 0 unspecified atom stereocenters. The molecule has 1 saturated carbocycles. The summed E-state index contributed by atoms with van der Waals surface area (Å²) in [6.07, 6.45) is -2.12. The van der Waals surface area contributed by atoms with Crippen molar-refractivity contribution in [1.82, 2.24) is 0 Å². The molecule has 0 N–H and O–H groups in total. The third-order valence-electron chi connectivity index (χ3n) is 10.6. The lowest BCUT2D eigenvalue weighted by molar-refractivity contribution is -0.535. The van der Waals surface area contributed by atoms with Gasteiger partial charge < -0.3 is 29.8 Å². The van der Waals surface area contributed by atoms with E-state index in [9.17, 15) is 10.2 Å². The molecule has 0 saturated heterocycles. The lowest BCUT2D eigenvalue weighted by Gasteiger charge is -2.62. The van der Waals surface area contributed by atoms with Crippen molar-refractivity contribution in [3.05, 3.63) is 96.1 Å². The Bertz CT molecular complexity index is 2010. The first-order valence-electron chi connectivity index (χ1n) is 15.5. The molecule has 1 fully saturated rings. The summed E-state index contributed by atoms with van der Waals surface area (Å²) in [6, 6.07) is 29.4. The lowest BCUT2D eigenvalue weighted by atomic mass is 9.60. The Labute approximate surface area is 256 Å². The first-order chi connectivity index (χ1) is 21.4. The maximum absolute atomic E-state index is 14.8. The number of nitrogens with zero attached hydrogens (tertiary/aromatic N) is 4. The number of rotatable bonds is 2. The molecule has 0 atom stereocenters. The summed E-state index contributed by atoms with van der Waals surface area (Å²) in [5.74, 6) is -1.27. The Morgan fingerprint density at radius 3 is 1.23 bits per heavy atom. The minimum atomic E-state index is -1.06. The maximum Gasteiger partial charge on any atom is 0.0897 e. The van der Waals surface area contributed by atoms with Crippen LogP contribution >= 0.6 is 0 Å². The molecule has 0 spiro atoms. The van der Waals surface area contributed by atoms with Crippen molar-refractivity contribution >= 4 is 65.8 Å². The molecule has 2 heterocycles. The van der Waals surface area contributed by atoms with Crippen LogP contribution in [0.2, 0.25) is 0 Å². The Morgan fingerprint density at radius 2 is 0.818 bits per heavy atom. The quantitative estimate of drug-likeness (QED) is 0.259. The summed E-state index contributed by atoms with van der Waals surface area (Å²) in [6.45, 7) is 1.55. The van der Waals surface area contributed by atoms with Gasteiger partial charge in [0.2, 0.25) is 0 Å². The summed E-state index contributed by atoms with van der Waals surface area (Å²) >= 11 is 0. The maximum atomic E-state index is 14.8. The van der Waals surface area contributed by atoms with Gasteiger partial charge in [-0.1, -0.05) is 72.8 Å². The molecule has 6 aromatic rings.